The van der Waals surface area contributed by atoms with Crippen LogP contribution in [0.25, 0.3) is 0 Å². The third kappa shape index (κ3) is 3.56. The highest BCUT2D eigenvalue weighted by molar-refractivity contribution is 5.73. The predicted octanol–water partition coefficient (Wildman–Crippen LogP) is 2.88. The maximum absolute atomic E-state index is 11.8. The Labute approximate surface area is 179 Å². The lowest BCUT2D eigenvalue weighted by atomic mass is 9.94. The van der Waals surface area contributed by atoms with Crippen LogP contribution in [0.15, 0.2) is 30.3 Å². The number of rotatable bonds is 6. The van der Waals surface area contributed by atoms with Gasteiger partial charge in [0.05, 0.1) is 17.8 Å². The number of aromatic nitrogens is 2. The number of imidazole rings is 1. The SMILES string of the molecule is CC(=O)N[C@@H](CCN1C2CCC1C(n1c(C)nc3c1CCNC3)C2)c1ccccc1. The number of benzene rings is 1. The van der Waals surface area contributed by atoms with E-state index in [2.05, 4.69) is 51.3 Å². The van der Waals surface area contributed by atoms with Crippen molar-refractivity contribution < 1.29 is 4.79 Å². The van der Waals surface area contributed by atoms with Crippen molar-refractivity contribution in [1.29, 1.82) is 0 Å². The van der Waals surface area contributed by atoms with Crippen molar-refractivity contribution in [2.45, 2.75) is 76.7 Å². The Morgan fingerprint density at radius 1 is 1.27 bits per heavy atom. The van der Waals surface area contributed by atoms with Crippen LogP contribution in [0, 0.1) is 6.92 Å². The van der Waals surface area contributed by atoms with Crippen LogP contribution in [0.4, 0.5) is 0 Å². The first-order chi connectivity index (χ1) is 14.6. The molecule has 5 rings (SSSR count). The van der Waals surface area contributed by atoms with Crippen molar-refractivity contribution in [3.8, 4) is 0 Å². The first kappa shape index (κ1) is 19.8. The van der Waals surface area contributed by atoms with E-state index in [1.165, 1.54) is 42.0 Å². The highest BCUT2D eigenvalue weighted by atomic mass is 16.1. The molecule has 4 atom stereocenters. The molecular weight excluding hydrogens is 374 g/mol. The Morgan fingerprint density at radius 2 is 2.10 bits per heavy atom. The van der Waals surface area contributed by atoms with Crippen LogP contribution < -0.4 is 10.6 Å². The number of nitrogens with zero attached hydrogens (tertiary/aromatic N) is 3. The molecule has 2 bridgehead atoms. The van der Waals surface area contributed by atoms with Crippen LogP contribution in [0.2, 0.25) is 0 Å². The van der Waals surface area contributed by atoms with Gasteiger partial charge in [-0.05, 0) is 38.2 Å². The lowest BCUT2D eigenvalue weighted by molar-refractivity contribution is -0.119. The van der Waals surface area contributed by atoms with E-state index in [1.54, 1.807) is 6.92 Å². The number of nitrogens with one attached hydrogen (secondary N) is 2. The molecule has 2 saturated heterocycles. The molecule has 6 nitrogen and oxygen atoms in total. The van der Waals surface area contributed by atoms with Gasteiger partial charge in [0.25, 0.3) is 0 Å². The fourth-order valence-corrected chi connectivity index (χ4v) is 6.13. The molecule has 0 spiro atoms. The summed E-state index contributed by atoms with van der Waals surface area (Å²) in [5.74, 6) is 1.22. The average Bonchev–Trinajstić information content (AvgIpc) is 3.40. The molecule has 0 saturated carbocycles. The van der Waals surface area contributed by atoms with Crippen molar-refractivity contribution in [3.63, 3.8) is 0 Å². The zero-order valence-electron chi connectivity index (χ0n) is 18.1. The van der Waals surface area contributed by atoms with Crippen molar-refractivity contribution in [2.75, 3.05) is 13.1 Å². The zero-order valence-corrected chi connectivity index (χ0v) is 18.1. The molecule has 2 fully saturated rings. The molecule has 3 unspecified atom stereocenters. The molecule has 1 aromatic heterocycles. The third-order valence-electron chi connectivity index (χ3n) is 7.34. The Kier molecular flexibility index (Phi) is 5.37. The summed E-state index contributed by atoms with van der Waals surface area (Å²) in [6, 6.07) is 12.3. The molecule has 1 aromatic carbocycles. The first-order valence-electron chi connectivity index (χ1n) is 11.5. The van der Waals surface area contributed by atoms with Gasteiger partial charge in [0, 0.05) is 50.8 Å². The van der Waals surface area contributed by atoms with E-state index in [9.17, 15) is 4.79 Å². The normalized spacial score (nSPS) is 26.5. The summed E-state index contributed by atoms with van der Waals surface area (Å²) in [6.45, 7) is 6.78. The Hall–Kier alpha value is -2.18. The summed E-state index contributed by atoms with van der Waals surface area (Å²) >= 11 is 0. The molecule has 2 aromatic rings. The highest BCUT2D eigenvalue weighted by Gasteiger charge is 2.47. The van der Waals surface area contributed by atoms with Crippen LogP contribution >= 0.6 is 0 Å². The fraction of sp³-hybridized carbons (Fsp3) is 0.583. The quantitative estimate of drug-likeness (QED) is 0.773. The fourth-order valence-electron chi connectivity index (χ4n) is 6.13. The van der Waals surface area contributed by atoms with E-state index in [0.717, 1.165) is 32.5 Å². The third-order valence-corrected chi connectivity index (χ3v) is 7.34. The van der Waals surface area contributed by atoms with Crippen LogP contribution in [-0.4, -0.2) is 45.5 Å². The van der Waals surface area contributed by atoms with E-state index in [0.29, 0.717) is 18.1 Å². The lowest BCUT2D eigenvalue weighted by Gasteiger charge is -2.29. The summed E-state index contributed by atoms with van der Waals surface area (Å²) in [5.41, 5.74) is 3.91. The first-order valence-corrected chi connectivity index (χ1v) is 11.5. The number of hydrogen-bond acceptors (Lipinski definition) is 4. The molecule has 1 amide bonds. The Bertz CT molecular complexity index is 908. The van der Waals surface area contributed by atoms with Gasteiger partial charge in [-0.3, -0.25) is 9.69 Å². The molecule has 3 aliphatic heterocycles. The maximum atomic E-state index is 11.8. The van der Waals surface area contributed by atoms with Crippen LogP contribution in [0.1, 0.15) is 67.5 Å². The molecule has 2 N–H and O–H groups in total. The molecule has 160 valence electrons. The number of carbonyl (C=O) groups is 1. The molecule has 0 radical (unpaired) electrons. The van der Waals surface area contributed by atoms with Gasteiger partial charge in [-0.15, -0.1) is 0 Å². The summed E-state index contributed by atoms with van der Waals surface area (Å²) in [4.78, 5) is 19.4. The summed E-state index contributed by atoms with van der Waals surface area (Å²) < 4.78 is 2.58. The van der Waals surface area contributed by atoms with Crippen LogP contribution in [-0.2, 0) is 17.8 Å². The maximum Gasteiger partial charge on any atom is 0.217 e. The molecular formula is C24H33N5O. The number of amides is 1. The van der Waals surface area contributed by atoms with Gasteiger partial charge in [0.15, 0.2) is 0 Å². The zero-order chi connectivity index (χ0) is 20.7. The van der Waals surface area contributed by atoms with E-state index < -0.39 is 0 Å². The molecule has 3 aliphatic rings. The monoisotopic (exact) mass is 407 g/mol. The predicted molar refractivity (Wildman–Crippen MR) is 117 cm³/mol. The number of carbonyl (C=O) groups excluding carboxylic acids is 1. The summed E-state index contributed by atoms with van der Waals surface area (Å²) in [5, 5.41) is 6.63. The average molecular weight is 408 g/mol. The van der Waals surface area contributed by atoms with Crippen molar-refractivity contribution in [2.24, 2.45) is 0 Å². The second-order valence-corrected chi connectivity index (χ2v) is 9.14. The second-order valence-electron chi connectivity index (χ2n) is 9.14. The number of hydrogen-bond donors (Lipinski definition) is 2. The minimum atomic E-state index is 0.0420. The smallest absolute Gasteiger partial charge is 0.217 e. The summed E-state index contributed by atoms with van der Waals surface area (Å²) in [7, 11) is 0. The highest BCUT2D eigenvalue weighted by Crippen LogP contribution is 2.46. The number of fused-ring (bicyclic) bond motifs is 3. The second kappa shape index (κ2) is 8.16. The van der Waals surface area contributed by atoms with Crippen molar-refractivity contribution in [3.05, 3.63) is 53.1 Å². The lowest BCUT2D eigenvalue weighted by Crippen LogP contribution is -2.36. The number of aryl methyl sites for hydroxylation is 1. The van der Waals surface area contributed by atoms with Crippen molar-refractivity contribution in [1.82, 2.24) is 25.1 Å². The molecule has 6 heteroatoms. The summed E-state index contributed by atoms with van der Waals surface area (Å²) in [6.07, 6.45) is 5.85. The van der Waals surface area contributed by atoms with Gasteiger partial charge < -0.3 is 15.2 Å². The Balaban J connectivity index is 1.32. The van der Waals surface area contributed by atoms with Gasteiger partial charge >= 0.3 is 0 Å². The van der Waals surface area contributed by atoms with Gasteiger partial charge in [0.2, 0.25) is 5.91 Å². The minimum absolute atomic E-state index is 0.0420. The van der Waals surface area contributed by atoms with E-state index in [1.807, 2.05) is 6.07 Å². The minimum Gasteiger partial charge on any atom is -0.349 e. The molecule has 0 aliphatic carbocycles. The standard InChI is InChI=1S/C24H33N5O/c1-16-26-21-15-25-12-10-22(21)29(16)24-14-19-8-9-23(24)28(19)13-11-20(27-17(2)30)18-6-4-3-5-7-18/h3-7,19-20,23-25H,8-15H2,1-2H3,(H,27,30)/t19?,20-,23?,24?/m0/s1. The Morgan fingerprint density at radius 3 is 2.90 bits per heavy atom. The van der Waals surface area contributed by atoms with Crippen LogP contribution in [0.3, 0.4) is 0 Å². The van der Waals surface area contributed by atoms with E-state index in [4.69, 9.17) is 4.98 Å². The van der Waals surface area contributed by atoms with Gasteiger partial charge in [-0.1, -0.05) is 30.3 Å². The molecule has 4 heterocycles. The largest absolute Gasteiger partial charge is 0.349 e. The van der Waals surface area contributed by atoms with Gasteiger partial charge in [0.1, 0.15) is 5.82 Å². The van der Waals surface area contributed by atoms with E-state index >= 15 is 0 Å². The van der Waals surface area contributed by atoms with Crippen molar-refractivity contribution >= 4 is 5.91 Å². The van der Waals surface area contributed by atoms with Gasteiger partial charge in [-0.25, -0.2) is 4.98 Å². The van der Waals surface area contributed by atoms with E-state index in [-0.39, 0.29) is 11.9 Å². The van der Waals surface area contributed by atoms with Gasteiger partial charge in [-0.2, -0.15) is 0 Å². The topological polar surface area (TPSA) is 62.2 Å². The molecule has 30 heavy (non-hydrogen) atoms. The van der Waals surface area contributed by atoms with Crippen LogP contribution in [0.5, 0.6) is 0 Å².